The van der Waals surface area contributed by atoms with E-state index < -0.39 is 11.9 Å². The Bertz CT molecular complexity index is 953. The second-order valence-electron chi connectivity index (χ2n) is 7.46. The van der Waals surface area contributed by atoms with Crippen molar-refractivity contribution in [2.75, 3.05) is 6.61 Å². The summed E-state index contributed by atoms with van der Waals surface area (Å²) in [6.45, 7) is 2.46. The van der Waals surface area contributed by atoms with Gasteiger partial charge in [-0.3, -0.25) is 10.0 Å². The van der Waals surface area contributed by atoms with Gasteiger partial charge < -0.3 is 4.74 Å². The first-order valence-corrected chi connectivity index (χ1v) is 10.7. The normalized spacial score (nSPS) is 11.9. The van der Waals surface area contributed by atoms with Crippen molar-refractivity contribution in [1.82, 2.24) is 5.06 Å². The van der Waals surface area contributed by atoms with Gasteiger partial charge in [0.1, 0.15) is 5.75 Å². The van der Waals surface area contributed by atoms with Crippen molar-refractivity contribution >= 4 is 12.0 Å². The third-order valence-electron chi connectivity index (χ3n) is 5.14. The van der Waals surface area contributed by atoms with Gasteiger partial charge in [0.25, 0.3) is 5.91 Å². The summed E-state index contributed by atoms with van der Waals surface area (Å²) in [5.41, 5.74) is 3.09. The molecule has 0 aromatic heterocycles. The molecule has 0 saturated carbocycles. The summed E-state index contributed by atoms with van der Waals surface area (Å²) in [5.74, 6) is 0.347. The molecule has 0 fully saturated rings. The van der Waals surface area contributed by atoms with E-state index >= 15 is 0 Å². The van der Waals surface area contributed by atoms with Crippen molar-refractivity contribution in [3.05, 3.63) is 108 Å². The summed E-state index contributed by atoms with van der Waals surface area (Å²) < 4.78 is 5.80. The molecule has 3 aromatic carbocycles. The van der Waals surface area contributed by atoms with Gasteiger partial charge in [-0.05, 0) is 61.1 Å². The lowest BCUT2D eigenvalue weighted by atomic mass is 10.1. The van der Waals surface area contributed by atoms with Gasteiger partial charge in [0, 0.05) is 6.08 Å². The minimum absolute atomic E-state index is 0.420. The van der Waals surface area contributed by atoms with E-state index in [1.165, 1.54) is 11.6 Å². The highest BCUT2D eigenvalue weighted by atomic mass is 16.5. The maximum atomic E-state index is 12.3. The lowest BCUT2D eigenvalue weighted by molar-refractivity contribution is -0.169. The van der Waals surface area contributed by atoms with Crippen LogP contribution in [0.25, 0.3) is 6.08 Å². The van der Waals surface area contributed by atoms with E-state index in [2.05, 4.69) is 24.3 Å². The monoisotopic (exact) mass is 415 g/mol. The van der Waals surface area contributed by atoms with Gasteiger partial charge in [0.2, 0.25) is 0 Å². The Labute approximate surface area is 184 Å². The summed E-state index contributed by atoms with van der Waals surface area (Å²) in [6.07, 6.45) is 6.21. The van der Waals surface area contributed by atoms with Crippen LogP contribution in [0.1, 0.15) is 42.5 Å². The smallest absolute Gasteiger partial charge is 0.270 e. The number of amides is 1. The third kappa shape index (κ3) is 7.12. The molecule has 0 aliphatic carbocycles. The summed E-state index contributed by atoms with van der Waals surface area (Å²) in [5, 5.41) is 10.9. The highest BCUT2D eigenvalue weighted by molar-refractivity contribution is 5.91. The fourth-order valence-electron chi connectivity index (χ4n) is 3.25. The average Bonchev–Trinajstić information content (AvgIpc) is 2.83. The average molecular weight is 416 g/mol. The molecule has 0 bridgehead atoms. The summed E-state index contributed by atoms with van der Waals surface area (Å²) in [6, 6.07) is 27.0. The highest BCUT2D eigenvalue weighted by Crippen LogP contribution is 2.19. The van der Waals surface area contributed by atoms with Crippen molar-refractivity contribution < 1.29 is 14.7 Å². The fraction of sp³-hybridized carbons (Fsp3) is 0.222. The van der Waals surface area contributed by atoms with Crippen LogP contribution in [0.3, 0.4) is 0 Å². The van der Waals surface area contributed by atoms with Crippen LogP contribution in [-0.4, -0.2) is 22.8 Å². The number of unbranched alkanes of at least 4 members (excludes halogenated alkanes) is 1. The molecular weight excluding hydrogens is 386 g/mol. The minimum atomic E-state index is -0.463. The summed E-state index contributed by atoms with van der Waals surface area (Å²) in [4.78, 5) is 12.3. The number of nitrogens with zero attached hydrogens (tertiary/aromatic N) is 1. The molecular formula is C27H29NO3. The molecule has 0 saturated heterocycles. The molecule has 0 aliphatic rings. The zero-order chi connectivity index (χ0) is 21.9. The van der Waals surface area contributed by atoms with Gasteiger partial charge in [-0.2, -0.15) is 0 Å². The van der Waals surface area contributed by atoms with Gasteiger partial charge in [-0.25, -0.2) is 5.06 Å². The van der Waals surface area contributed by atoms with Gasteiger partial charge in [0.05, 0.1) is 12.6 Å². The molecule has 3 aromatic rings. The Morgan fingerprint density at radius 2 is 1.58 bits per heavy atom. The predicted molar refractivity (Wildman–Crippen MR) is 124 cm³/mol. The second-order valence-corrected chi connectivity index (χ2v) is 7.46. The maximum absolute atomic E-state index is 12.3. The van der Waals surface area contributed by atoms with Gasteiger partial charge in [-0.1, -0.05) is 72.8 Å². The molecule has 0 heterocycles. The van der Waals surface area contributed by atoms with Crippen LogP contribution in [-0.2, 0) is 11.2 Å². The molecule has 0 radical (unpaired) electrons. The van der Waals surface area contributed by atoms with E-state index in [4.69, 9.17) is 4.74 Å². The van der Waals surface area contributed by atoms with Crippen LogP contribution in [0.2, 0.25) is 0 Å². The van der Waals surface area contributed by atoms with Crippen LogP contribution < -0.4 is 4.74 Å². The molecule has 4 heteroatoms. The van der Waals surface area contributed by atoms with Crippen LogP contribution in [0.4, 0.5) is 0 Å². The first kappa shape index (κ1) is 22.3. The fourth-order valence-corrected chi connectivity index (χ4v) is 3.25. The molecule has 3 rings (SSSR count). The van der Waals surface area contributed by atoms with Crippen LogP contribution in [0.5, 0.6) is 5.75 Å². The van der Waals surface area contributed by atoms with E-state index in [-0.39, 0.29) is 0 Å². The predicted octanol–water partition coefficient (Wildman–Crippen LogP) is 6.08. The molecule has 4 nitrogen and oxygen atoms in total. The Morgan fingerprint density at radius 3 is 2.26 bits per heavy atom. The molecule has 160 valence electrons. The molecule has 1 unspecified atom stereocenters. The van der Waals surface area contributed by atoms with Gasteiger partial charge in [-0.15, -0.1) is 0 Å². The zero-order valence-electron chi connectivity index (χ0n) is 17.9. The van der Waals surface area contributed by atoms with Crippen molar-refractivity contribution in [2.24, 2.45) is 0 Å². The number of benzene rings is 3. The van der Waals surface area contributed by atoms with Crippen LogP contribution in [0, 0.1) is 0 Å². The molecule has 1 N–H and O–H groups in total. The van der Waals surface area contributed by atoms with Gasteiger partial charge in [0.15, 0.2) is 0 Å². The Kier molecular flexibility index (Phi) is 8.44. The zero-order valence-corrected chi connectivity index (χ0v) is 17.9. The number of hydrogen-bond donors (Lipinski definition) is 1. The maximum Gasteiger partial charge on any atom is 0.270 e. The second kappa shape index (κ2) is 11.7. The van der Waals surface area contributed by atoms with E-state index in [0.29, 0.717) is 6.61 Å². The van der Waals surface area contributed by atoms with E-state index in [1.807, 2.05) is 60.7 Å². The minimum Gasteiger partial charge on any atom is -0.494 e. The van der Waals surface area contributed by atoms with E-state index in [1.54, 1.807) is 13.0 Å². The third-order valence-corrected chi connectivity index (χ3v) is 5.14. The Balaban J connectivity index is 1.42. The number of hydroxylamine groups is 2. The van der Waals surface area contributed by atoms with Crippen molar-refractivity contribution in [2.45, 2.75) is 32.2 Å². The van der Waals surface area contributed by atoms with E-state index in [0.717, 1.165) is 41.2 Å². The van der Waals surface area contributed by atoms with Crippen molar-refractivity contribution in [3.8, 4) is 5.75 Å². The topological polar surface area (TPSA) is 49.8 Å². The first-order valence-electron chi connectivity index (χ1n) is 10.7. The molecule has 0 spiro atoms. The molecule has 1 amide bonds. The number of rotatable bonds is 10. The van der Waals surface area contributed by atoms with Crippen molar-refractivity contribution in [1.29, 1.82) is 0 Å². The van der Waals surface area contributed by atoms with E-state index in [9.17, 15) is 10.0 Å². The van der Waals surface area contributed by atoms with Crippen LogP contribution >= 0.6 is 0 Å². The Morgan fingerprint density at radius 1 is 0.935 bits per heavy atom. The summed E-state index contributed by atoms with van der Waals surface area (Å²) >= 11 is 0. The van der Waals surface area contributed by atoms with Crippen LogP contribution in [0.15, 0.2) is 91.0 Å². The molecule has 1 atom stereocenters. The number of carbonyl (C=O) groups excluding carboxylic acids is 1. The number of aryl methyl sites for hydroxylation is 1. The number of ether oxygens (including phenoxy) is 1. The highest BCUT2D eigenvalue weighted by Gasteiger charge is 2.17. The first-order chi connectivity index (χ1) is 15.1. The lowest BCUT2D eigenvalue weighted by Crippen LogP contribution is -2.28. The molecule has 31 heavy (non-hydrogen) atoms. The largest absolute Gasteiger partial charge is 0.494 e. The van der Waals surface area contributed by atoms with Gasteiger partial charge >= 0.3 is 0 Å². The SMILES string of the molecule is CC(c1ccccc1)N(O)C(=O)C=Cc1ccc(OCCCCc2ccccc2)cc1. The Hall–Kier alpha value is -3.37. The standard InChI is InChI=1S/C27H29NO3/c1-22(25-13-6-3-7-14-25)28(30)27(29)20-17-24-15-18-26(19-16-24)31-21-9-8-12-23-10-4-2-5-11-23/h2-7,10-11,13-20,22,30H,8-9,12,21H2,1H3. The quantitative estimate of drug-likeness (QED) is 0.189. The lowest BCUT2D eigenvalue weighted by Gasteiger charge is -2.21. The number of hydrogen-bond acceptors (Lipinski definition) is 3. The summed E-state index contributed by atoms with van der Waals surface area (Å²) in [7, 11) is 0. The molecule has 0 aliphatic heterocycles. The van der Waals surface area contributed by atoms with Crippen molar-refractivity contribution in [3.63, 3.8) is 0 Å². The number of carbonyl (C=O) groups is 1.